The standard InChI is InChI=1S/C30H37FN6O7Si/c1-18-27(45(3,4)31)26(10-12-35-17-22(11-13-38)33-34-35)44-30(18)24-15-23(37(42)43)8-9-25(24)36(29(30)41)16-20-6-5-7-21(14-20)32-28(40)19(2)39/h5-9,14-15,17-19,26-27,38-39H,10-13,16H2,1-4H3,(H,32,40)/t18-,19+,26+,27-,30+/m1/s1. The van der Waals surface area contributed by atoms with Crippen molar-refractivity contribution in [2.45, 2.75) is 76.2 Å². The molecule has 0 unspecified atom stereocenters. The van der Waals surface area contributed by atoms with Crippen LogP contribution >= 0.6 is 0 Å². The third-order valence-electron chi connectivity index (χ3n) is 8.67. The van der Waals surface area contributed by atoms with E-state index < -0.39 is 54.4 Å². The van der Waals surface area contributed by atoms with Crippen LogP contribution in [0.1, 0.15) is 37.1 Å². The summed E-state index contributed by atoms with van der Waals surface area (Å²) in [6, 6.07) is 11.0. The number of hydrogen-bond acceptors (Lipinski definition) is 9. The van der Waals surface area contributed by atoms with Gasteiger partial charge in [0.05, 0.1) is 29.0 Å². The highest BCUT2D eigenvalue weighted by Gasteiger charge is 2.66. The van der Waals surface area contributed by atoms with Gasteiger partial charge in [-0.1, -0.05) is 24.3 Å². The summed E-state index contributed by atoms with van der Waals surface area (Å²) in [6.07, 6.45) is 0.474. The van der Waals surface area contributed by atoms with Gasteiger partial charge >= 0.3 is 0 Å². The van der Waals surface area contributed by atoms with Gasteiger partial charge in [-0.05, 0) is 50.2 Å². The van der Waals surface area contributed by atoms with Crippen molar-refractivity contribution in [2.24, 2.45) is 5.92 Å². The van der Waals surface area contributed by atoms with E-state index in [2.05, 4.69) is 15.6 Å². The topological polar surface area (TPSA) is 173 Å². The molecule has 3 heterocycles. The van der Waals surface area contributed by atoms with Crippen molar-refractivity contribution in [1.29, 1.82) is 0 Å². The van der Waals surface area contributed by atoms with Crippen molar-refractivity contribution >= 4 is 37.3 Å². The molecule has 5 rings (SSSR count). The number of aliphatic hydroxyl groups is 2. The second-order valence-electron chi connectivity index (χ2n) is 12.2. The molecule has 0 aliphatic carbocycles. The molecule has 1 fully saturated rings. The second-order valence-corrected chi connectivity index (χ2v) is 16.0. The number of carbonyl (C=O) groups excluding carboxylic acids is 2. The number of nitro groups is 1. The van der Waals surface area contributed by atoms with Crippen molar-refractivity contribution < 1.29 is 33.6 Å². The average Bonchev–Trinajstić information content (AvgIpc) is 3.62. The zero-order chi connectivity index (χ0) is 32.7. The molecule has 0 saturated carbocycles. The molecule has 2 aromatic carbocycles. The maximum atomic E-state index is 16.1. The van der Waals surface area contributed by atoms with Crippen LogP contribution < -0.4 is 10.2 Å². The van der Waals surface area contributed by atoms with Gasteiger partial charge in [-0.15, -0.1) is 5.10 Å². The molecule has 5 atom stereocenters. The molecule has 3 N–H and O–H groups in total. The van der Waals surface area contributed by atoms with Crippen LogP contribution in [-0.2, 0) is 39.4 Å². The Labute approximate surface area is 260 Å². The molecule has 240 valence electrons. The first-order chi connectivity index (χ1) is 21.3. The first-order valence-corrected chi connectivity index (χ1v) is 17.8. The Kier molecular flexibility index (Phi) is 8.90. The number of ether oxygens (including phenoxy) is 1. The fourth-order valence-corrected chi connectivity index (χ4v) is 9.23. The summed E-state index contributed by atoms with van der Waals surface area (Å²) < 4.78 is 24.4. The molecular formula is C30H37FN6O7Si. The Morgan fingerprint density at radius 1 is 1.29 bits per heavy atom. The molecule has 1 saturated heterocycles. The lowest BCUT2D eigenvalue weighted by molar-refractivity contribution is -0.385. The molecular weight excluding hydrogens is 603 g/mol. The fourth-order valence-electron chi connectivity index (χ4n) is 6.69. The number of rotatable bonds is 11. The Bertz CT molecular complexity index is 1610. The fraction of sp³-hybridized carbons (Fsp3) is 0.467. The minimum atomic E-state index is -3.47. The highest BCUT2D eigenvalue weighted by atomic mass is 28.4. The van der Waals surface area contributed by atoms with Crippen LogP contribution in [0.5, 0.6) is 0 Å². The first-order valence-electron chi connectivity index (χ1n) is 14.8. The van der Waals surface area contributed by atoms with Crippen LogP contribution in [0.3, 0.4) is 0 Å². The van der Waals surface area contributed by atoms with Gasteiger partial charge < -0.3 is 29.3 Å². The molecule has 45 heavy (non-hydrogen) atoms. The molecule has 0 bridgehead atoms. The van der Waals surface area contributed by atoms with Crippen molar-refractivity contribution in [1.82, 2.24) is 15.0 Å². The normalized spacial score (nSPS) is 23.4. The number of halogens is 1. The van der Waals surface area contributed by atoms with Crippen molar-refractivity contribution in [3.05, 3.63) is 75.6 Å². The van der Waals surface area contributed by atoms with Gasteiger partial charge in [0.2, 0.25) is 8.41 Å². The number of non-ortho nitro benzene ring substituents is 1. The summed E-state index contributed by atoms with van der Waals surface area (Å²) >= 11 is 0. The van der Waals surface area contributed by atoms with Crippen LogP contribution in [-0.4, -0.2) is 69.2 Å². The van der Waals surface area contributed by atoms with Crippen LogP contribution in [0.25, 0.3) is 0 Å². The largest absolute Gasteiger partial charge is 0.396 e. The Balaban J connectivity index is 1.51. The van der Waals surface area contributed by atoms with Crippen LogP contribution in [0.15, 0.2) is 48.7 Å². The molecule has 13 nitrogen and oxygen atoms in total. The summed E-state index contributed by atoms with van der Waals surface area (Å²) in [5, 5.41) is 41.4. The van der Waals surface area contributed by atoms with Gasteiger partial charge in [-0.3, -0.25) is 24.4 Å². The SMILES string of the molecule is C[C@H](O)C(=O)Nc1cccc(CN2C(=O)[C@@]3(O[C@@H](CCn4cc(CCO)nn4)[C@H]([Si](C)(C)F)[C@H]3C)c3cc([N+](=O)[O-])ccc32)c1. The number of aromatic nitrogens is 3. The van der Waals surface area contributed by atoms with E-state index in [1.54, 1.807) is 55.2 Å². The number of aliphatic hydroxyl groups excluding tert-OH is 2. The summed E-state index contributed by atoms with van der Waals surface area (Å²) in [6.45, 7) is 6.61. The smallest absolute Gasteiger partial charge is 0.269 e. The van der Waals surface area contributed by atoms with Crippen LogP contribution in [0, 0.1) is 16.0 Å². The summed E-state index contributed by atoms with van der Waals surface area (Å²) in [7, 11) is -3.47. The highest BCUT2D eigenvalue weighted by molar-refractivity contribution is 6.72. The summed E-state index contributed by atoms with van der Waals surface area (Å²) in [4.78, 5) is 39.4. The lowest BCUT2D eigenvalue weighted by Crippen LogP contribution is -2.45. The van der Waals surface area contributed by atoms with Gasteiger partial charge in [0.15, 0.2) is 5.60 Å². The number of hydrogen-bond donors (Lipinski definition) is 3. The number of benzene rings is 2. The van der Waals surface area contributed by atoms with Gasteiger partial charge in [0, 0.05) is 60.6 Å². The first kappa shape index (κ1) is 32.3. The Morgan fingerprint density at radius 2 is 2.04 bits per heavy atom. The predicted molar refractivity (Wildman–Crippen MR) is 165 cm³/mol. The summed E-state index contributed by atoms with van der Waals surface area (Å²) in [5.74, 6) is -1.68. The molecule has 0 radical (unpaired) electrons. The van der Waals surface area contributed by atoms with Crippen LogP contribution in [0.2, 0.25) is 18.6 Å². The van der Waals surface area contributed by atoms with Gasteiger partial charge in [-0.2, -0.15) is 0 Å². The molecule has 2 aliphatic rings. The van der Waals surface area contributed by atoms with E-state index in [0.29, 0.717) is 47.6 Å². The maximum absolute atomic E-state index is 16.1. The number of nitrogens with one attached hydrogen (secondary N) is 1. The minimum absolute atomic E-state index is 0.0538. The van der Waals surface area contributed by atoms with E-state index in [9.17, 15) is 29.9 Å². The Hall–Kier alpha value is -4.05. The minimum Gasteiger partial charge on any atom is -0.396 e. The zero-order valence-corrected chi connectivity index (χ0v) is 26.5. The van der Waals surface area contributed by atoms with Gasteiger partial charge in [0.25, 0.3) is 17.5 Å². The van der Waals surface area contributed by atoms with Gasteiger partial charge in [0.1, 0.15) is 6.10 Å². The third kappa shape index (κ3) is 6.12. The third-order valence-corrected chi connectivity index (χ3v) is 11.1. The van der Waals surface area contributed by atoms with Crippen molar-refractivity contribution in [2.75, 3.05) is 16.8 Å². The number of aryl methyl sites for hydroxylation is 1. The number of nitrogens with zero attached hydrogens (tertiary/aromatic N) is 5. The zero-order valence-electron chi connectivity index (χ0n) is 25.5. The number of amides is 2. The van der Waals surface area contributed by atoms with Crippen LogP contribution in [0.4, 0.5) is 21.2 Å². The van der Waals surface area contributed by atoms with Crippen molar-refractivity contribution in [3.8, 4) is 0 Å². The molecule has 3 aromatic rings. The quantitative estimate of drug-likeness (QED) is 0.123. The summed E-state index contributed by atoms with van der Waals surface area (Å²) in [5.41, 5.74) is -0.0427. The van der Waals surface area contributed by atoms with E-state index in [4.69, 9.17) is 4.74 Å². The van der Waals surface area contributed by atoms with E-state index in [-0.39, 0.29) is 18.8 Å². The van der Waals surface area contributed by atoms with E-state index >= 15 is 4.11 Å². The monoisotopic (exact) mass is 640 g/mol. The lowest BCUT2D eigenvalue weighted by Gasteiger charge is -2.31. The van der Waals surface area contributed by atoms with Gasteiger partial charge in [-0.25, -0.2) is 0 Å². The van der Waals surface area contributed by atoms with E-state index in [1.165, 1.54) is 30.0 Å². The molecule has 2 amide bonds. The number of carbonyl (C=O) groups is 2. The number of nitro benzene ring substituents is 1. The maximum Gasteiger partial charge on any atom is 0.269 e. The Morgan fingerprint density at radius 3 is 2.71 bits per heavy atom. The molecule has 2 aliphatic heterocycles. The highest BCUT2D eigenvalue weighted by Crippen LogP contribution is 2.60. The average molecular weight is 641 g/mol. The van der Waals surface area contributed by atoms with Crippen molar-refractivity contribution in [3.63, 3.8) is 0 Å². The number of anilines is 2. The molecule has 1 aromatic heterocycles. The van der Waals surface area contributed by atoms with E-state index in [0.717, 1.165) is 0 Å². The lowest BCUT2D eigenvalue weighted by atomic mass is 9.82. The van der Waals surface area contributed by atoms with E-state index in [1.807, 2.05) is 0 Å². The molecule has 15 heteroatoms. The predicted octanol–water partition coefficient (Wildman–Crippen LogP) is 3.45. The second kappa shape index (κ2) is 12.4. The molecule has 1 spiro atoms. The number of fused-ring (bicyclic) bond motifs is 2.